The molecule has 0 aliphatic carbocycles. The van der Waals surface area contributed by atoms with E-state index >= 15 is 0 Å². The first-order valence-corrected chi connectivity index (χ1v) is 7.68. The third kappa shape index (κ3) is 3.29. The van der Waals surface area contributed by atoms with Crippen molar-refractivity contribution in [3.05, 3.63) is 29.8 Å². The van der Waals surface area contributed by atoms with Crippen LogP contribution in [0.3, 0.4) is 0 Å². The molecule has 1 aromatic rings. The maximum atomic E-state index is 11.9. The van der Waals surface area contributed by atoms with E-state index in [-0.39, 0.29) is 18.2 Å². The summed E-state index contributed by atoms with van der Waals surface area (Å²) in [6.07, 6.45) is 3.34. The van der Waals surface area contributed by atoms with Crippen molar-refractivity contribution >= 4 is 29.3 Å². The molecule has 0 aromatic heterocycles. The fourth-order valence-electron chi connectivity index (χ4n) is 2.21. The van der Waals surface area contributed by atoms with Crippen molar-refractivity contribution in [2.75, 3.05) is 23.5 Å². The highest BCUT2D eigenvalue weighted by Gasteiger charge is 2.33. The molecular weight excluding hydrogens is 260 g/mol. The summed E-state index contributed by atoms with van der Waals surface area (Å²) in [7, 11) is 0. The number of rotatable bonds is 5. The molecule has 1 unspecified atom stereocenters. The van der Waals surface area contributed by atoms with Crippen LogP contribution in [-0.4, -0.2) is 30.4 Å². The molecule has 2 N–H and O–H groups in total. The molecular formula is C14H18N2O2S. The number of hydrogen-bond donors (Lipinski definition) is 1. The zero-order valence-corrected chi connectivity index (χ0v) is 11.8. The Kier molecular flexibility index (Phi) is 4.47. The molecule has 1 aliphatic rings. The Morgan fingerprint density at radius 3 is 2.63 bits per heavy atom. The van der Waals surface area contributed by atoms with Gasteiger partial charge in [0.15, 0.2) is 0 Å². The van der Waals surface area contributed by atoms with Gasteiger partial charge in [-0.2, -0.15) is 11.8 Å². The minimum atomic E-state index is -0.396. The number of nitrogens with zero attached hydrogens (tertiary/aromatic N) is 1. The van der Waals surface area contributed by atoms with Crippen molar-refractivity contribution in [3.8, 4) is 0 Å². The van der Waals surface area contributed by atoms with Gasteiger partial charge in [0.25, 0.3) is 0 Å². The second-order valence-electron chi connectivity index (χ2n) is 4.72. The van der Waals surface area contributed by atoms with Crippen LogP contribution >= 0.6 is 11.8 Å². The monoisotopic (exact) mass is 278 g/mol. The molecule has 4 nitrogen and oxygen atoms in total. The van der Waals surface area contributed by atoms with E-state index in [1.807, 2.05) is 36.0 Å². The molecule has 1 heterocycles. The first-order valence-electron chi connectivity index (χ1n) is 6.29. The summed E-state index contributed by atoms with van der Waals surface area (Å²) in [6.45, 7) is 0.401. The van der Waals surface area contributed by atoms with Crippen LogP contribution in [0.15, 0.2) is 24.3 Å². The number of thioether (sulfide) groups is 1. The number of aryl methyl sites for hydroxylation is 1. The molecule has 0 bridgehead atoms. The molecule has 0 radical (unpaired) electrons. The van der Waals surface area contributed by atoms with Gasteiger partial charge in [0.05, 0.1) is 5.92 Å². The van der Waals surface area contributed by atoms with E-state index in [9.17, 15) is 9.59 Å². The second kappa shape index (κ2) is 6.10. The van der Waals surface area contributed by atoms with E-state index in [4.69, 9.17) is 5.73 Å². The van der Waals surface area contributed by atoms with Crippen LogP contribution in [-0.2, 0) is 16.0 Å². The van der Waals surface area contributed by atoms with Gasteiger partial charge in [0.2, 0.25) is 11.8 Å². The number of carbonyl (C=O) groups excluding carboxylic acids is 2. The standard InChI is InChI=1S/C14H18N2O2S/c1-19-7-6-10-2-4-12(5-3-10)16-9-11(14(15)18)8-13(16)17/h2-5,11H,6-9H2,1H3,(H2,15,18). The number of amides is 2. The maximum absolute atomic E-state index is 11.9. The van der Waals surface area contributed by atoms with Gasteiger partial charge in [0, 0.05) is 18.7 Å². The lowest BCUT2D eigenvalue weighted by Crippen LogP contribution is -2.28. The Balaban J connectivity index is 2.06. The topological polar surface area (TPSA) is 63.4 Å². The Labute approximate surface area is 117 Å². The molecule has 5 heteroatoms. The summed E-state index contributed by atoms with van der Waals surface area (Å²) in [6, 6.07) is 7.96. The van der Waals surface area contributed by atoms with E-state index in [0.29, 0.717) is 6.54 Å². The molecule has 1 aromatic carbocycles. The largest absolute Gasteiger partial charge is 0.369 e. The summed E-state index contributed by atoms with van der Waals surface area (Å²) in [4.78, 5) is 24.6. The van der Waals surface area contributed by atoms with Crippen LogP contribution in [0.2, 0.25) is 0 Å². The zero-order valence-electron chi connectivity index (χ0n) is 11.0. The predicted molar refractivity (Wildman–Crippen MR) is 78.2 cm³/mol. The van der Waals surface area contributed by atoms with Crippen molar-refractivity contribution in [1.29, 1.82) is 0 Å². The first kappa shape index (κ1) is 13.9. The normalized spacial score (nSPS) is 18.9. The molecule has 0 saturated carbocycles. The Bertz CT molecular complexity index is 473. The smallest absolute Gasteiger partial charge is 0.227 e. The van der Waals surface area contributed by atoms with Gasteiger partial charge >= 0.3 is 0 Å². The van der Waals surface area contributed by atoms with Crippen LogP contribution in [0, 0.1) is 5.92 Å². The Morgan fingerprint density at radius 2 is 2.11 bits per heavy atom. The molecule has 1 fully saturated rings. The van der Waals surface area contributed by atoms with Gasteiger partial charge in [-0.3, -0.25) is 9.59 Å². The highest BCUT2D eigenvalue weighted by Crippen LogP contribution is 2.25. The van der Waals surface area contributed by atoms with Crippen molar-refractivity contribution in [2.24, 2.45) is 11.7 Å². The fourth-order valence-corrected chi connectivity index (χ4v) is 2.65. The summed E-state index contributed by atoms with van der Waals surface area (Å²) in [5.74, 6) is 0.308. The average molecular weight is 278 g/mol. The quantitative estimate of drug-likeness (QED) is 0.886. The van der Waals surface area contributed by atoms with E-state index in [2.05, 4.69) is 6.26 Å². The van der Waals surface area contributed by atoms with Gasteiger partial charge in [-0.25, -0.2) is 0 Å². The number of anilines is 1. The number of carbonyl (C=O) groups is 2. The second-order valence-corrected chi connectivity index (χ2v) is 5.70. The number of nitrogens with two attached hydrogens (primary N) is 1. The van der Waals surface area contributed by atoms with E-state index in [0.717, 1.165) is 17.9 Å². The van der Waals surface area contributed by atoms with Crippen LogP contribution < -0.4 is 10.6 Å². The molecule has 102 valence electrons. The number of hydrogen-bond acceptors (Lipinski definition) is 3. The van der Waals surface area contributed by atoms with Crippen LogP contribution in [0.1, 0.15) is 12.0 Å². The highest BCUT2D eigenvalue weighted by molar-refractivity contribution is 7.98. The summed E-state index contributed by atoms with van der Waals surface area (Å²) in [5.41, 5.74) is 7.37. The predicted octanol–water partition coefficient (Wildman–Crippen LogP) is 1.43. The minimum absolute atomic E-state index is 0.0272. The minimum Gasteiger partial charge on any atom is -0.369 e. The third-order valence-electron chi connectivity index (χ3n) is 3.37. The maximum Gasteiger partial charge on any atom is 0.227 e. The number of primary amides is 1. The van der Waals surface area contributed by atoms with Crippen molar-refractivity contribution in [1.82, 2.24) is 0 Å². The van der Waals surface area contributed by atoms with Gasteiger partial charge in [-0.05, 0) is 36.1 Å². The van der Waals surface area contributed by atoms with Crippen LogP contribution in [0.5, 0.6) is 0 Å². The zero-order chi connectivity index (χ0) is 13.8. The van der Waals surface area contributed by atoms with Gasteiger partial charge in [-0.15, -0.1) is 0 Å². The van der Waals surface area contributed by atoms with E-state index in [1.54, 1.807) is 4.90 Å². The lowest BCUT2D eigenvalue weighted by Gasteiger charge is -2.16. The summed E-state index contributed by atoms with van der Waals surface area (Å²) < 4.78 is 0. The Hall–Kier alpha value is -1.49. The van der Waals surface area contributed by atoms with E-state index < -0.39 is 5.91 Å². The fraction of sp³-hybridized carbons (Fsp3) is 0.429. The average Bonchev–Trinajstić information content (AvgIpc) is 2.79. The molecule has 19 heavy (non-hydrogen) atoms. The molecule has 0 spiro atoms. The Morgan fingerprint density at radius 1 is 1.42 bits per heavy atom. The summed E-state index contributed by atoms with van der Waals surface area (Å²) >= 11 is 1.81. The molecule has 1 atom stereocenters. The molecule has 1 aliphatic heterocycles. The highest BCUT2D eigenvalue weighted by atomic mass is 32.2. The SMILES string of the molecule is CSCCc1ccc(N2CC(C(N)=O)CC2=O)cc1. The van der Waals surface area contributed by atoms with Crippen molar-refractivity contribution in [2.45, 2.75) is 12.8 Å². The summed E-state index contributed by atoms with van der Waals surface area (Å²) in [5, 5.41) is 0. The molecule has 1 saturated heterocycles. The molecule has 2 amide bonds. The van der Waals surface area contributed by atoms with Crippen molar-refractivity contribution < 1.29 is 9.59 Å². The van der Waals surface area contributed by atoms with Gasteiger partial charge in [-0.1, -0.05) is 12.1 Å². The number of benzene rings is 1. The lowest BCUT2D eigenvalue weighted by atomic mass is 10.1. The third-order valence-corrected chi connectivity index (χ3v) is 3.98. The van der Waals surface area contributed by atoms with Gasteiger partial charge < -0.3 is 10.6 Å². The lowest BCUT2D eigenvalue weighted by molar-refractivity contribution is -0.123. The van der Waals surface area contributed by atoms with Crippen LogP contribution in [0.25, 0.3) is 0 Å². The van der Waals surface area contributed by atoms with Crippen LogP contribution in [0.4, 0.5) is 5.69 Å². The first-order chi connectivity index (χ1) is 9.11. The molecule has 2 rings (SSSR count). The van der Waals surface area contributed by atoms with E-state index in [1.165, 1.54) is 5.56 Å². The van der Waals surface area contributed by atoms with Crippen molar-refractivity contribution in [3.63, 3.8) is 0 Å². The van der Waals surface area contributed by atoms with Gasteiger partial charge in [0.1, 0.15) is 0 Å².